The summed E-state index contributed by atoms with van der Waals surface area (Å²) in [5.41, 5.74) is 3.85. The maximum absolute atomic E-state index is 4.45. The highest BCUT2D eigenvalue weighted by molar-refractivity contribution is 5.80. The summed E-state index contributed by atoms with van der Waals surface area (Å²) in [6.45, 7) is 5.85. The first kappa shape index (κ1) is 21.1. The molecule has 2 unspecified atom stereocenters. The fourth-order valence-corrected chi connectivity index (χ4v) is 4.23. The van der Waals surface area contributed by atoms with E-state index in [1.165, 1.54) is 16.7 Å². The average Bonchev–Trinajstić information content (AvgIpc) is 3.42. The predicted octanol–water partition coefficient (Wildman–Crippen LogP) is 3.26. The number of hydrogen-bond donors (Lipinski definition) is 2. The van der Waals surface area contributed by atoms with Gasteiger partial charge in [0.1, 0.15) is 0 Å². The van der Waals surface area contributed by atoms with Gasteiger partial charge in [-0.15, -0.1) is 0 Å². The summed E-state index contributed by atoms with van der Waals surface area (Å²) in [6.07, 6.45) is 4.92. The predicted molar refractivity (Wildman–Crippen MR) is 126 cm³/mol. The Balaban J connectivity index is 1.28. The standard InChI is InChI=1S/C25H32N6/c1-20-14-24(19-30(20)17-21-8-4-3-5-9-21)29-25(26-2)27-16-22-10-6-11-23(15-22)18-31-13-7-12-28-31/h3-13,15,20,24H,14,16-19H2,1-2H3,(H2,26,27,29). The van der Waals surface area contributed by atoms with E-state index in [2.05, 4.69) is 87.1 Å². The number of nitrogens with zero attached hydrogens (tertiary/aromatic N) is 4. The van der Waals surface area contributed by atoms with Crippen LogP contribution < -0.4 is 10.6 Å². The molecule has 6 nitrogen and oxygen atoms in total. The van der Waals surface area contributed by atoms with Crippen LogP contribution in [0, 0.1) is 0 Å². The van der Waals surface area contributed by atoms with Gasteiger partial charge < -0.3 is 10.6 Å². The molecule has 1 aliphatic rings. The van der Waals surface area contributed by atoms with Crippen LogP contribution in [0.4, 0.5) is 0 Å². The van der Waals surface area contributed by atoms with E-state index in [9.17, 15) is 0 Å². The minimum Gasteiger partial charge on any atom is -0.352 e. The van der Waals surface area contributed by atoms with E-state index in [1.807, 2.05) is 30.2 Å². The van der Waals surface area contributed by atoms with Gasteiger partial charge >= 0.3 is 0 Å². The van der Waals surface area contributed by atoms with E-state index in [0.717, 1.165) is 38.6 Å². The molecule has 1 saturated heterocycles. The molecule has 0 bridgehead atoms. The number of aliphatic imine (C=N–C) groups is 1. The van der Waals surface area contributed by atoms with Crippen molar-refractivity contribution in [2.45, 2.75) is 45.1 Å². The minimum atomic E-state index is 0.399. The Morgan fingerprint density at radius 2 is 1.84 bits per heavy atom. The van der Waals surface area contributed by atoms with Crippen molar-refractivity contribution < 1.29 is 0 Å². The second kappa shape index (κ2) is 10.3. The van der Waals surface area contributed by atoms with Gasteiger partial charge in [-0.05, 0) is 36.1 Å². The molecule has 0 saturated carbocycles. The van der Waals surface area contributed by atoms with Crippen LogP contribution in [-0.2, 0) is 19.6 Å². The van der Waals surface area contributed by atoms with Gasteiger partial charge in [0, 0.05) is 51.2 Å². The molecule has 2 aromatic carbocycles. The summed E-state index contributed by atoms with van der Waals surface area (Å²) in [4.78, 5) is 6.99. The van der Waals surface area contributed by atoms with Crippen LogP contribution in [0.3, 0.4) is 0 Å². The van der Waals surface area contributed by atoms with Crippen LogP contribution in [0.1, 0.15) is 30.0 Å². The van der Waals surface area contributed by atoms with E-state index in [1.54, 1.807) is 0 Å². The highest BCUT2D eigenvalue weighted by Gasteiger charge is 2.29. The van der Waals surface area contributed by atoms with Crippen LogP contribution in [0.25, 0.3) is 0 Å². The summed E-state index contributed by atoms with van der Waals surface area (Å²) < 4.78 is 1.94. The second-order valence-electron chi connectivity index (χ2n) is 8.29. The van der Waals surface area contributed by atoms with Crippen molar-refractivity contribution in [3.8, 4) is 0 Å². The van der Waals surface area contributed by atoms with Gasteiger partial charge in [-0.2, -0.15) is 5.10 Å². The molecule has 6 heteroatoms. The molecule has 1 fully saturated rings. The number of likely N-dealkylation sites (tertiary alicyclic amines) is 1. The Morgan fingerprint density at radius 1 is 1.03 bits per heavy atom. The lowest BCUT2D eigenvalue weighted by atomic mass is 10.1. The first-order valence-electron chi connectivity index (χ1n) is 11.0. The van der Waals surface area contributed by atoms with Crippen LogP contribution >= 0.6 is 0 Å². The maximum Gasteiger partial charge on any atom is 0.191 e. The molecule has 1 aliphatic heterocycles. The lowest BCUT2D eigenvalue weighted by Gasteiger charge is -2.21. The van der Waals surface area contributed by atoms with E-state index in [-0.39, 0.29) is 0 Å². The summed E-state index contributed by atoms with van der Waals surface area (Å²) in [6, 6.07) is 22.2. The van der Waals surface area contributed by atoms with E-state index >= 15 is 0 Å². The third kappa shape index (κ3) is 5.95. The molecule has 4 rings (SSSR count). The normalized spacial score (nSPS) is 19.5. The number of nitrogens with one attached hydrogen (secondary N) is 2. The van der Waals surface area contributed by atoms with Crippen molar-refractivity contribution in [2.24, 2.45) is 4.99 Å². The Hall–Kier alpha value is -3.12. The fraction of sp³-hybridized carbons (Fsp3) is 0.360. The summed E-state index contributed by atoms with van der Waals surface area (Å²) in [7, 11) is 1.84. The van der Waals surface area contributed by atoms with Crippen LogP contribution in [0.2, 0.25) is 0 Å². The number of benzene rings is 2. The molecule has 0 spiro atoms. The smallest absolute Gasteiger partial charge is 0.191 e. The van der Waals surface area contributed by atoms with E-state index in [4.69, 9.17) is 0 Å². The third-order valence-corrected chi connectivity index (χ3v) is 5.85. The first-order valence-corrected chi connectivity index (χ1v) is 11.0. The molecule has 2 atom stereocenters. The van der Waals surface area contributed by atoms with Gasteiger partial charge in [-0.3, -0.25) is 14.6 Å². The van der Waals surface area contributed by atoms with Gasteiger partial charge in [0.25, 0.3) is 0 Å². The molecule has 162 valence electrons. The minimum absolute atomic E-state index is 0.399. The lowest BCUT2D eigenvalue weighted by molar-refractivity contribution is 0.258. The maximum atomic E-state index is 4.45. The molecule has 0 radical (unpaired) electrons. The monoisotopic (exact) mass is 416 g/mol. The van der Waals surface area contributed by atoms with Crippen molar-refractivity contribution in [3.63, 3.8) is 0 Å². The average molecular weight is 417 g/mol. The molecular weight excluding hydrogens is 384 g/mol. The molecular formula is C25H32N6. The number of guanidine groups is 1. The molecule has 3 aromatic rings. The SMILES string of the molecule is CN=C(NCc1cccc(Cn2cccn2)c1)NC1CC(C)N(Cc2ccccc2)C1. The zero-order valence-corrected chi connectivity index (χ0v) is 18.4. The van der Waals surface area contributed by atoms with E-state index in [0.29, 0.717) is 12.1 Å². The number of aromatic nitrogens is 2. The highest BCUT2D eigenvalue weighted by Crippen LogP contribution is 2.20. The summed E-state index contributed by atoms with van der Waals surface area (Å²) in [5, 5.41) is 11.4. The third-order valence-electron chi connectivity index (χ3n) is 5.85. The molecule has 31 heavy (non-hydrogen) atoms. The molecule has 2 N–H and O–H groups in total. The zero-order valence-electron chi connectivity index (χ0n) is 18.4. The second-order valence-corrected chi connectivity index (χ2v) is 8.29. The summed E-state index contributed by atoms with van der Waals surface area (Å²) in [5.74, 6) is 0.858. The Kier molecular flexibility index (Phi) is 6.99. The number of rotatable bonds is 7. The van der Waals surface area contributed by atoms with Crippen LogP contribution in [-0.4, -0.2) is 46.3 Å². The van der Waals surface area contributed by atoms with Crippen LogP contribution in [0.5, 0.6) is 0 Å². The fourth-order valence-electron chi connectivity index (χ4n) is 4.23. The van der Waals surface area contributed by atoms with Gasteiger partial charge in [0.05, 0.1) is 6.54 Å². The van der Waals surface area contributed by atoms with Gasteiger partial charge in [-0.1, -0.05) is 54.6 Å². The molecule has 0 aliphatic carbocycles. The largest absolute Gasteiger partial charge is 0.352 e. The van der Waals surface area contributed by atoms with E-state index < -0.39 is 0 Å². The topological polar surface area (TPSA) is 57.5 Å². The van der Waals surface area contributed by atoms with Gasteiger partial charge in [0.15, 0.2) is 5.96 Å². The zero-order chi connectivity index (χ0) is 21.5. The van der Waals surface area contributed by atoms with Crippen molar-refractivity contribution in [1.82, 2.24) is 25.3 Å². The van der Waals surface area contributed by atoms with Crippen molar-refractivity contribution in [2.75, 3.05) is 13.6 Å². The van der Waals surface area contributed by atoms with Crippen molar-refractivity contribution in [1.29, 1.82) is 0 Å². The van der Waals surface area contributed by atoms with Gasteiger partial charge in [-0.25, -0.2) is 0 Å². The number of hydrogen-bond acceptors (Lipinski definition) is 3. The molecule has 0 amide bonds. The lowest BCUT2D eigenvalue weighted by Crippen LogP contribution is -2.44. The Morgan fingerprint density at radius 3 is 2.61 bits per heavy atom. The quantitative estimate of drug-likeness (QED) is 0.459. The Bertz CT molecular complexity index is 967. The van der Waals surface area contributed by atoms with Gasteiger partial charge in [0.2, 0.25) is 0 Å². The summed E-state index contributed by atoms with van der Waals surface area (Å²) >= 11 is 0. The van der Waals surface area contributed by atoms with Crippen molar-refractivity contribution in [3.05, 3.63) is 89.7 Å². The first-order chi connectivity index (χ1) is 15.2. The van der Waals surface area contributed by atoms with Crippen molar-refractivity contribution >= 4 is 5.96 Å². The highest BCUT2D eigenvalue weighted by atomic mass is 15.3. The Labute approximate surface area is 185 Å². The molecule has 2 heterocycles. The van der Waals surface area contributed by atoms with Crippen LogP contribution in [0.15, 0.2) is 78.0 Å². The molecule has 1 aromatic heterocycles.